The number of ether oxygens (including phenoxy) is 1. The van der Waals surface area contributed by atoms with Crippen molar-refractivity contribution in [3.63, 3.8) is 0 Å². The quantitative estimate of drug-likeness (QED) is 0.868. The summed E-state index contributed by atoms with van der Waals surface area (Å²) in [6, 6.07) is 5.14. The van der Waals surface area contributed by atoms with Crippen LogP contribution in [0.3, 0.4) is 0 Å². The van der Waals surface area contributed by atoms with Gasteiger partial charge in [0.1, 0.15) is 23.2 Å². The van der Waals surface area contributed by atoms with E-state index in [2.05, 4.69) is 15.6 Å². The van der Waals surface area contributed by atoms with Crippen molar-refractivity contribution >= 4 is 11.8 Å². The molecule has 24 heavy (non-hydrogen) atoms. The molecule has 2 aliphatic rings. The summed E-state index contributed by atoms with van der Waals surface area (Å²) in [6.07, 6.45) is 1.71. The predicted octanol–water partition coefficient (Wildman–Crippen LogP) is 0.959. The van der Waals surface area contributed by atoms with Crippen LogP contribution in [0, 0.1) is 5.92 Å². The Bertz CT molecular complexity index is 840. The fourth-order valence-electron chi connectivity index (χ4n) is 3.00. The zero-order valence-corrected chi connectivity index (χ0v) is 13.2. The number of benzene rings is 1. The number of amides is 2. The Balaban J connectivity index is 1.82. The lowest BCUT2D eigenvalue weighted by Gasteiger charge is -2.27. The van der Waals surface area contributed by atoms with Crippen LogP contribution in [-0.2, 0) is 0 Å². The van der Waals surface area contributed by atoms with Gasteiger partial charge in [-0.25, -0.2) is 4.68 Å². The van der Waals surface area contributed by atoms with Gasteiger partial charge in [-0.2, -0.15) is 0 Å². The maximum Gasteiger partial charge on any atom is 0.271 e. The third kappa shape index (κ3) is 2.22. The number of carbonyl (C=O) groups excluding carboxylic acids is 2. The Labute approximate surface area is 138 Å². The first-order chi connectivity index (χ1) is 11.6. The number of nitrogens with two attached hydrogens (primary N) is 1. The summed E-state index contributed by atoms with van der Waals surface area (Å²) in [6.45, 7) is 2.42. The maximum absolute atomic E-state index is 12.0. The van der Waals surface area contributed by atoms with Gasteiger partial charge in [-0.05, 0) is 38.0 Å². The first kappa shape index (κ1) is 14.7. The highest BCUT2D eigenvalue weighted by Gasteiger charge is 2.42. The number of aromatic nitrogens is 3. The van der Waals surface area contributed by atoms with Gasteiger partial charge < -0.3 is 15.8 Å². The molecule has 1 aliphatic carbocycles. The van der Waals surface area contributed by atoms with Gasteiger partial charge >= 0.3 is 0 Å². The molecule has 0 spiro atoms. The van der Waals surface area contributed by atoms with Crippen LogP contribution in [0.15, 0.2) is 18.2 Å². The number of nitrogens with one attached hydrogen (secondary N) is 1. The van der Waals surface area contributed by atoms with Crippen LogP contribution in [0.4, 0.5) is 0 Å². The highest BCUT2D eigenvalue weighted by atomic mass is 16.5. The van der Waals surface area contributed by atoms with Crippen molar-refractivity contribution < 1.29 is 14.3 Å². The van der Waals surface area contributed by atoms with E-state index in [1.54, 1.807) is 22.9 Å². The molecule has 2 heterocycles. The average Bonchev–Trinajstić information content (AvgIpc) is 3.31. The number of carbonyl (C=O) groups is 2. The topological polar surface area (TPSA) is 112 Å². The van der Waals surface area contributed by atoms with Crippen molar-refractivity contribution in [3.8, 4) is 11.4 Å². The molecule has 124 valence electrons. The molecule has 1 atom stereocenters. The molecule has 8 heteroatoms. The molecule has 1 unspecified atom stereocenters. The van der Waals surface area contributed by atoms with Crippen molar-refractivity contribution in [3.05, 3.63) is 35.2 Å². The van der Waals surface area contributed by atoms with Gasteiger partial charge in [-0.15, -0.1) is 5.10 Å². The first-order valence-corrected chi connectivity index (χ1v) is 7.94. The molecule has 3 N–H and O–H groups in total. The van der Waals surface area contributed by atoms with Crippen LogP contribution >= 0.6 is 0 Å². The summed E-state index contributed by atoms with van der Waals surface area (Å²) in [5.41, 5.74) is 7.33. The second-order valence-corrected chi connectivity index (χ2v) is 6.02. The zero-order valence-electron chi connectivity index (χ0n) is 13.2. The number of primary amides is 1. The molecule has 1 saturated carbocycles. The summed E-state index contributed by atoms with van der Waals surface area (Å²) in [5.74, 6) is 0.0904. The molecular weight excluding hydrogens is 310 g/mol. The summed E-state index contributed by atoms with van der Waals surface area (Å²) in [5, 5.41) is 10.8. The molecule has 1 aromatic carbocycles. The van der Waals surface area contributed by atoms with E-state index < -0.39 is 5.91 Å². The smallest absolute Gasteiger partial charge is 0.271 e. The van der Waals surface area contributed by atoms with Crippen LogP contribution in [0.2, 0.25) is 0 Å². The van der Waals surface area contributed by atoms with Gasteiger partial charge in [0.05, 0.1) is 0 Å². The fourth-order valence-corrected chi connectivity index (χ4v) is 3.00. The number of fused-ring (bicyclic) bond motifs is 3. The molecule has 2 amide bonds. The summed E-state index contributed by atoms with van der Waals surface area (Å²) in [4.78, 5) is 23.7. The largest absolute Gasteiger partial charge is 0.481 e. The molecule has 4 rings (SSSR count). The van der Waals surface area contributed by atoms with Crippen molar-refractivity contribution in [2.75, 3.05) is 6.54 Å². The molecule has 0 bridgehead atoms. The number of nitrogens with zero attached hydrogens (tertiary/aromatic N) is 3. The predicted molar refractivity (Wildman–Crippen MR) is 84.0 cm³/mol. The average molecular weight is 327 g/mol. The van der Waals surface area contributed by atoms with E-state index in [-0.39, 0.29) is 17.7 Å². The SMILES string of the molecule is CCNC(=O)c1ccc2c(c1)OC(C1CC1)c1c(C(N)=O)nnn1-2. The minimum absolute atomic E-state index is 0.144. The molecule has 2 aromatic rings. The van der Waals surface area contributed by atoms with E-state index in [1.165, 1.54) is 0 Å². The third-order valence-electron chi connectivity index (χ3n) is 4.30. The minimum atomic E-state index is -0.618. The molecule has 8 nitrogen and oxygen atoms in total. The molecule has 0 saturated heterocycles. The van der Waals surface area contributed by atoms with Crippen LogP contribution in [0.25, 0.3) is 5.69 Å². The molecule has 1 aromatic heterocycles. The lowest BCUT2D eigenvalue weighted by molar-refractivity contribution is 0.0953. The molecule has 1 fully saturated rings. The molecule has 0 radical (unpaired) electrons. The number of hydrogen-bond donors (Lipinski definition) is 2. The van der Waals surface area contributed by atoms with Crippen molar-refractivity contribution in [1.82, 2.24) is 20.3 Å². The van der Waals surface area contributed by atoms with Crippen LogP contribution in [0.1, 0.15) is 52.4 Å². The monoisotopic (exact) mass is 327 g/mol. The van der Waals surface area contributed by atoms with Crippen LogP contribution in [0.5, 0.6) is 5.75 Å². The lowest BCUT2D eigenvalue weighted by atomic mass is 10.1. The van der Waals surface area contributed by atoms with E-state index in [4.69, 9.17) is 10.5 Å². The number of hydrogen-bond acceptors (Lipinski definition) is 5. The Morgan fingerprint density at radius 2 is 2.21 bits per heavy atom. The van der Waals surface area contributed by atoms with E-state index in [0.717, 1.165) is 12.8 Å². The van der Waals surface area contributed by atoms with E-state index in [1.807, 2.05) is 6.92 Å². The van der Waals surface area contributed by atoms with Crippen molar-refractivity contribution in [2.24, 2.45) is 11.7 Å². The van der Waals surface area contributed by atoms with Gasteiger partial charge in [-0.3, -0.25) is 9.59 Å². The summed E-state index contributed by atoms with van der Waals surface area (Å²) < 4.78 is 7.71. The first-order valence-electron chi connectivity index (χ1n) is 7.94. The third-order valence-corrected chi connectivity index (χ3v) is 4.30. The maximum atomic E-state index is 12.0. The zero-order chi connectivity index (χ0) is 16.8. The van der Waals surface area contributed by atoms with Gasteiger partial charge in [0, 0.05) is 18.0 Å². The Hall–Kier alpha value is -2.90. The standard InChI is InChI=1S/C16H17N5O3/c1-2-18-16(23)9-5-6-10-11(7-9)24-14(8-3-4-8)13-12(15(17)22)19-20-21(10)13/h5-8,14H,2-4H2,1H3,(H2,17,22)(H,18,23). The van der Waals surface area contributed by atoms with Crippen LogP contribution < -0.4 is 15.8 Å². The van der Waals surface area contributed by atoms with E-state index >= 15 is 0 Å². The molecular formula is C16H17N5O3. The fraction of sp³-hybridized carbons (Fsp3) is 0.375. The highest BCUT2D eigenvalue weighted by Crippen LogP contribution is 2.48. The highest BCUT2D eigenvalue weighted by molar-refractivity contribution is 5.95. The number of rotatable bonds is 4. The summed E-state index contributed by atoms with van der Waals surface area (Å²) >= 11 is 0. The lowest BCUT2D eigenvalue weighted by Crippen LogP contribution is -2.26. The van der Waals surface area contributed by atoms with E-state index in [0.29, 0.717) is 35.2 Å². The van der Waals surface area contributed by atoms with E-state index in [9.17, 15) is 9.59 Å². The Kier molecular flexibility index (Phi) is 3.26. The van der Waals surface area contributed by atoms with Gasteiger partial charge in [0.2, 0.25) is 0 Å². The Morgan fingerprint density at radius 1 is 1.42 bits per heavy atom. The summed E-state index contributed by atoms with van der Waals surface area (Å²) in [7, 11) is 0. The molecule has 1 aliphatic heterocycles. The Morgan fingerprint density at radius 3 is 2.88 bits per heavy atom. The van der Waals surface area contributed by atoms with Crippen molar-refractivity contribution in [1.29, 1.82) is 0 Å². The van der Waals surface area contributed by atoms with Gasteiger partial charge in [-0.1, -0.05) is 5.21 Å². The second kappa shape index (κ2) is 5.33. The van der Waals surface area contributed by atoms with Gasteiger partial charge in [0.15, 0.2) is 5.69 Å². The van der Waals surface area contributed by atoms with Crippen LogP contribution in [-0.4, -0.2) is 33.4 Å². The normalized spacial score (nSPS) is 18.3. The minimum Gasteiger partial charge on any atom is -0.481 e. The second-order valence-electron chi connectivity index (χ2n) is 6.02. The van der Waals surface area contributed by atoms with Gasteiger partial charge in [0.25, 0.3) is 11.8 Å². The van der Waals surface area contributed by atoms with Crippen molar-refractivity contribution in [2.45, 2.75) is 25.9 Å².